The number of benzene rings is 2. The fourth-order valence-corrected chi connectivity index (χ4v) is 4.50. The second-order valence-electron chi connectivity index (χ2n) is 7.89. The molecule has 5 nitrogen and oxygen atoms in total. The van der Waals surface area contributed by atoms with Gasteiger partial charge in [-0.15, -0.1) is 0 Å². The molecule has 0 fully saturated rings. The van der Waals surface area contributed by atoms with Crippen LogP contribution in [0.4, 0.5) is 11.4 Å². The highest BCUT2D eigenvalue weighted by molar-refractivity contribution is 6.09. The molecule has 2 aliphatic rings. The lowest BCUT2D eigenvalue weighted by Crippen LogP contribution is -2.42. The molecule has 0 bridgehead atoms. The maximum Gasteiger partial charge on any atom is 0.259 e. The number of carbonyl (C=O) groups is 2. The Balaban J connectivity index is 1.76. The highest BCUT2D eigenvalue weighted by Gasteiger charge is 2.45. The monoisotopic (exact) mass is 398 g/mol. The van der Waals surface area contributed by atoms with Gasteiger partial charge in [-0.1, -0.05) is 43.3 Å². The Hall–Kier alpha value is -3.60. The van der Waals surface area contributed by atoms with Crippen molar-refractivity contribution >= 4 is 23.1 Å². The Bertz CT molecular complexity index is 1120. The van der Waals surface area contributed by atoms with Crippen molar-refractivity contribution in [3.8, 4) is 0 Å². The van der Waals surface area contributed by atoms with Crippen molar-refractivity contribution < 1.29 is 14.0 Å². The van der Waals surface area contributed by atoms with Gasteiger partial charge in [0.15, 0.2) is 0 Å². The van der Waals surface area contributed by atoms with Crippen LogP contribution in [0.3, 0.4) is 0 Å². The first-order valence-electron chi connectivity index (χ1n) is 10.2. The van der Waals surface area contributed by atoms with Crippen LogP contribution in [0.5, 0.6) is 0 Å². The molecule has 1 aromatic heterocycles. The first-order chi connectivity index (χ1) is 14.6. The molecule has 1 aliphatic heterocycles. The predicted octanol–water partition coefficient (Wildman–Crippen LogP) is 5.20. The van der Waals surface area contributed by atoms with Gasteiger partial charge in [0.1, 0.15) is 17.6 Å². The molecule has 1 amide bonds. The molecule has 5 rings (SSSR count). The number of hydrogen-bond donors (Lipinski definition) is 1. The Kier molecular flexibility index (Phi) is 4.51. The van der Waals surface area contributed by atoms with E-state index >= 15 is 0 Å². The van der Waals surface area contributed by atoms with Gasteiger partial charge >= 0.3 is 0 Å². The summed E-state index contributed by atoms with van der Waals surface area (Å²) in [6, 6.07) is 19.9. The first-order valence-corrected chi connectivity index (χ1v) is 10.2. The minimum absolute atomic E-state index is 0.104. The Morgan fingerprint density at radius 3 is 2.57 bits per heavy atom. The SMILES string of the molecule is C[C@@H]1C=C2Nc3ccccc3N(C(=O)c3ccccc3)[C@@H](c3ccco3)[C@H]2C(=O)C1. The predicted molar refractivity (Wildman–Crippen MR) is 115 cm³/mol. The van der Waals surface area contributed by atoms with E-state index in [1.165, 1.54) is 0 Å². The number of carbonyl (C=O) groups excluding carboxylic acids is 2. The number of ketones is 1. The standard InChI is InChI=1S/C25H22N2O3/c1-16-14-19-23(21(28)15-16)24(22-12-7-13-30-22)27(20-11-6-5-10-18(20)26-19)25(29)17-8-3-2-4-9-17/h2-14,16,23-24,26H,15H2,1H3/t16-,23-,24+/m1/s1. The Morgan fingerprint density at radius 1 is 1.03 bits per heavy atom. The molecule has 0 saturated carbocycles. The van der Waals surface area contributed by atoms with Gasteiger partial charge in [-0.05, 0) is 42.3 Å². The van der Waals surface area contributed by atoms with E-state index in [1.54, 1.807) is 29.4 Å². The third-order valence-electron chi connectivity index (χ3n) is 5.78. The number of fused-ring (bicyclic) bond motifs is 2. The minimum atomic E-state index is -0.574. The summed E-state index contributed by atoms with van der Waals surface area (Å²) in [7, 11) is 0. The smallest absolute Gasteiger partial charge is 0.259 e. The van der Waals surface area contributed by atoms with Crippen LogP contribution in [0.1, 0.15) is 35.5 Å². The van der Waals surface area contributed by atoms with Crippen molar-refractivity contribution in [3.63, 3.8) is 0 Å². The van der Waals surface area contributed by atoms with E-state index in [4.69, 9.17) is 4.42 Å². The van der Waals surface area contributed by atoms with E-state index in [0.717, 1.165) is 17.1 Å². The molecule has 3 aromatic rings. The van der Waals surface area contributed by atoms with Crippen molar-refractivity contribution in [2.45, 2.75) is 19.4 Å². The maximum atomic E-state index is 13.8. The van der Waals surface area contributed by atoms with Gasteiger partial charge < -0.3 is 9.73 Å². The van der Waals surface area contributed by atoms with Crippen molar-refractivity contribution in [1.82, 2.24) is 0 Å². The molecule has 2 aromatic carbocycles. The molecule has 150 valence electrons. The van der Waals surface area contributed by atoms with E-state index in [9.17, 15) is 9.59 Å². The van der Waals surface area contributed by atoms with Crippen LogP contribution in [0.25, 0.3) is 0 Å². The number of nitrogens with zero attached hydrogens (tertiary/aromatic N) is 1. The van der Waals surface area contributed by atoms with E-state index in [1.807, 2.05) is 55.5 Å². The van der Waals surface area contributed by atoms with Crippen molar-refractivity contribution in [2.24, 2.45) is 11.8 Å². The molecule has 1 N–H and O–H groups in total. The number of nitrogens with one attached hydrogen (secondary N) is 1. The number of allylic oxidation sites excluding steroid dienone is 1. The molecule has 0 radical (unpaired) electrons. The normalized spacial score (nSPS) is 23.0. The number of anilines is 2. The fraction of sp³-hybridized carbons (Fsp3) is 0.200. The van der Waals surface area contributed by atoms with Gasteiger partial charge in [-0.2, -0.15) is 0 Å². The van der Waals surface area contributed by atoms with Gasteiger partial charge in [0.05, 0.1) is 23.6 Å². The molecule has 3 atom stereocenters. The minimum Gasteiger partial charge on any atom is -0.467 e. The fourth-order valence-electron chi connectivity index (χ4n) is 4.50. The van der Waals surface area contributed by atoms with E-state index in [0.29, 0.717) is 17.7 Å². The number of Topliss-reactive ketones (excluding diaryl/α,β-unsaturated/α-hetero) is 1. The molecule has 2 heterocycles. The number of amides is 1. The summed E-state index contributed by atoms with van der Waals surface area (Å²) in [6.45, 7) is 2.04. The Labute approximate surface area is 175 Å². The Morgan fingerprint density at radius 2 is 1.80 bits per heavy atom. The zero-order valence-corrected chi connectivity index (χ0v) is 16.6. The maximum absolute atomic E-state index is 13.8. The summed E-state index contributed by atoms with van der Waals surface area (Å²) in [5.41, 5.74) is 2.92. The van der Waals surface area contributed by atoms with Crippen LogP contribution in [0, 0.1) is 11.8 Å². The zero-order valence-electron chi connectivity index (χ0n) is 16.6. The van der Waals surface area contributed by atoms with Gasteiger partial charge in [0.25, 0.3) is 5.91 Å². The van der Waals surface area contributed by atoms with Gasteiger partial charge in [-0.25, -0.2) is 0 Å². The van der Waals surface area contributed by atoms with Crippen LogP contribution in [-0.2, 0) is 4.79 Å². The molecule has 5 heteroatoms. The second-order valence-corrected chi connectivity index (χ2v) is 7.89. The quantitative estimate of drug-likeness (QED) is 0.644. The zero-order chi connectivity index (χ0) is 20.7. The van der Waals surface area contributed by atoms with Crippen LogP contribution in [0.15, 0.2) is 89.2 Å². The third kappa shape index (κ3) is 3.03. The molecule has 1 aliphatic carbocycles. The van der Waals surface area contributed by atoms with Crippen molar-refractivity contribution in [2.75, 3.05) is 10.2 Å². The summed E-state index contributed by atoms with van der Waals surface area (Å²) in [5.74, 6) is 0.146. The highest BCUT2D eigenvalue weighted by Crippen LogP contribution is 2.47. The van der Waals surface area contributed by atoms with Crippen LogP contribution >= 0.6 is 0 Å². The first kappa shape index (κ1) is 18.4. The number of hydrogen-bond acceptors (Lipinski definition) is 4. The van der Waals surface area contributed by atoms with Gasteiger partial charge in [0, 0.05) is 17.7 Å². The van der Waals surface area contributed by atoms with E-state index in [-0.39, 0.29) is 17.6 Å². The lowest BCUT2D eigenvalue weighted by atomic mass is 9.79. The van der Waals surface area contributed by atoms with E-state index in [2.05, 4.69) is 11.4 Å². The van der Waals surface area contributed by atoms with Crippen LogP contribution < -0.4 is 10.2 Å². The summed E-state index contributed by atoms with van der Waals surface area (Å²) < 4.78 is 5.78. The number of rotatable bonds is 2. The highest BCUT2D eigenvalue weighted by atomic mass is 16.3. The largest absolute Gasteiger partial charge is 0.467 e. The molecular weight excluding hydrogens is 376 g/mol. The summed E-state index contributed by atoms with van der Waals surface area (Å²) in [5, 5.41) is 3.46. The summed E-state index contributed by atoms with van der Waals surface area (Å²) in [6.07, 6.45) is 4.14. The molecule has 0 spiro atoms. The molecular formula is C25H22N2O3. The van der Waals surface area contributed by atoms with Crippen molar-refractivity contribution in [1.29, 1.82) is 0 Å². The lowest BCUT2D eigenvalue weighted by molar-refractivity contribution is -0.123. The van der Waals surface area contributed by atoms with Gasteiger partial charge in [-0.3, -0.25) is 14.5 Å². The van der Waals surface area contributed by atoms with Crippen LogP contribution in [0.2, 0.25) is 0 Å². The van der Waals surface area contributed by atoms with Gasteiger partial charge in [0.2, 0.25) is 0 Å². The van der Waals surface area contributed by atoms with Crippen molar-refractivity contribution in [3.05, 3.63) is 96.1 Å². The third-order valence-corrected chi connectivity index (χ3v) is 5.78. The van der Waals surface area contributed by atoms with Crippen LogP contribution in [-0.4, -0.2) is 11.7 Å². The average Bonchev–Trinajstić information content (AvgIpc) is 3.23. The average molecular weight is 398 g/mol. The molecule has 30 heavy (non-hydrogen) atoms. The van der Waals surface area contributed by atoms with E-state index < -0.39 is 12.0 Å². The number of para-hydroxylation sites is 2. The lowest BCUT2D eigenvalue weighted by Gasteiger charge is -2.35. The summed E-state index contributed by atoms with van der Waals surface area (Å²) in [4.78, 5) is 28.8. The summed E-state index contributed by atoms with van der Waals surface area (Å²) >= 11 is 0. The molecule has 0 saturated heterocycles. The number of furan rings is 1. The topological polar surface area (TPSA) is 62.6 Å². The molecule has 0 unspecified atom stereocenters. The second kappa shape index (κ2) is 7.34.